The van der Waals surface area contributed by atoms with E-state index in [-0.39, 0.29) is 59.8 Å². The van der Waals surface area contributed by atoms with Crippen LogP contribution in [-0.4, -0.2) is 156 Å². The number of aryl methyl sites for hydroxylation is 3. The predicted molar refractivity (Wildman–Crippen MR) is 434 cm³/mol. The minimum absolute atomic E-state index is 0.0286. The van der Waals surface area contributed by atoms with E-state index in [9.17, 15) is 33.2 Å². The largest absolute Gasteiger partial charge is 0.497 e. The molecule has 0 saturated carbocycles. The van der Waals surface area contributed by atoms with Crippen LogP contribution in [0.1, 0.15) is 121 Å². The van der Waals surface area contributed by atoms with Crippen LogP contribution in [0.3, 0.4) is 0 Å². The van der Waals surface area contributed by atoms with E-state index in [1.807, 2.05) is 150 Å². The van der Waals surface area contributed by atoms with E-state index in [0.29, 0.717) is 137 Å². The summed E-state index contributed by atoms with van der Waals surface area (Å²) in [5, 5.41) is 25.5. The maximum atomic E-state index is 14.2. The number of anilines is 3. The molecule has 3 saturated heterocycles. The molecule has 3 unspecified atom stereocenters. The zero-order valence-corrected chi connectivity index (χ0v) is 63.8. The maximum absolute atomic E-state index is 14.2. The van der Waals surface area contributed by atoms with Gasteiger partial charge in [0.1, 0.15) is 65.1 Å². The first kappa shape index (κ1) is 78.3. The normalized spacial score (nSPS) is 15.4. The zero-order valence-electron chi connectivity index (χ0n) is 63.8. The number of nitrogens with one attached hydrogen (secondary N) is 3. The summed E-state index contributed by atoms with van der Waals surface area (Å²) in [7, 11) is 1.43. The molecule has 15 rings (SSSR count). The van der Waals surface area contributed by atoms with Crippen molar-refractivity contribution in [1.29, 1.82) is 0 Å². The number of hydrogen-bond acceptors (Lipinski definition) is 19. The molecule has 9 heterocycles. The molecule has 3 aliphatic rings. The van der Waals surface area contributed by atoms with Gasteiger partial charge in [0, 0.05) is 92.8 Å². The fourth-order valence-electron chi connectivity index (χ4n) is 14.6. The van der Waals surface area contributed by atoms with Crippen LogP contribution in [0.5, 0.6) is 5.75 Å². The first-order chi connectivity index (χ1) is 55.2. The summed E-state index contributed by atoms with van der Waals surface area (Å²) in [5.41, 5.74) is 32.3. The van der Waals surface area contributed by atoms with Crippen LogP contribution in [-0.2, 0) is 34.0 Å². The molecule has 582 valence electrons. The highest BCUT2D eigenvalue weighted by molar-refractivity contribution is 6.02. The van der Waals surface area contributed by atoms with E-state index < -0.39 is 11.7 Å². The Morgan fingerprint density at radius 2 is 0.816 bits per heavy atom. The van der Waals surface area contributed by atoms with E-state index in [0.717, 1.165) is 88.6 Å². The number of halogens is 1. The number of amides is 6. The molecule has 3 fully saturated rings. The van der Waals surface area contributed by atoms with Crippen LogP contribution >= 0.6 is 0 Å². The third kappa shape index (κ3) is 17.2. The Hall–Kier alpha value is -13.9. The fourth-order valence-corrected chi connectivity index (χ4v) is 14.6. The van der Waals surface area contributed by atoms with Crippen LogP contribution in [0.15, 0.2) is 190 Å². The van der Waals surface area contributed by atoms with E-state index in [4.69, 9.17) is 37.2 Å². The van der Waals surface area contributed by atoms with Crippen LogP contribution in [0.4, 0.5) is 21.8 Å². The van der Waals surface area contributed by atoms with Gasteiger partial charge in [-0.15, -0.1) is 0 Å². The summed E-state index contributed by atoms with van der Waals surface area (Å²) < 4.78 is 24.8. The Bertz CT molecular complexity index is 5640. The van der Waals surface area contributed by atoms with Gasteiger partial charge in [0.2, 0.25) is 17.7 Å². The summed E-state index contributed by atoms with van der Waals surface area (Å²) in [6, 6.07) is 40.5. The Balaban J connectivity index is 0.000000149. The molecular formula is C85H88FN21O7. The molecule has 29 heteroatoms. The Morgan fingerprint density at radius 3 is 1.18 bits per heavy atom. The molecule has 28 nitrogen and oxygen atoms in total. The highest BCUT2D eigenvalue weighted by atomic mass is 19.1. The quantitative estimate of drug-likeness (QED) is 0.0410. The fraction of sp³-hybridized carbons (Fsp3) is 0.259. The lowest BCUT2D eigenvalue weighted by Gasteiger charge is -2.32. The van der Waals surface area contributed by atoms with Crippen molar-refractivity contribution >= 4 is 86.0 Å². The van der Waals surface area contributed by atoms with E-state index in [1.165, 1.54) is 62.5 Å². The van der Waals surface area contributed by atoms with Crippen molar-refractivity contribution in [3.63, 3.8) is 0 Å². The topological polar surface area (TPSA) is 366 Å². The Morgan fingerprint density at radius 1 is 0.456 bits per heavy atom. The lowest BCUT2D eigenvalue weighted by Crippen LogP contribution is -2.40. The summed E-state index contributed by atoms with van der Waals surface area (Å²) in [5.74, 6) is -0.281. The van der Waals surface area contributed by atoms with Crippen LogP contribution in [0.25, 0.3) is 66.9 Å². The van der Waals surface area contributed by atoms with Gasteiger partial charge in [0.05, 0.1) is 47.0 Å². The van der Waals surface area contributed by atoms with E-state index >= 15 is 0 Å². The number of methoxy groups -OCH3 is 1. The number of hydrogen-bond donors (Lipinski definition) is 6. The second-order valence-electron chi connectivity index (χ2n) is 28.2. The van der Waals surface area contributed by atoms with Gasteiger partial charge < -0.3 is 52.6 Å². The molecule has 6 amide bonds. The summed E-state index contributed by atoms with van der Waals surface area (Å²) in [6.45, 7) is 21.3. The third-order valence-corrected chi connectivity index (χ3v) is 20.7. The molecule has 6 aromatic carbocycles. The minimum atomic E-state index is -0.653. The van der Waals surface area contributed by atoms with Gasteiger partial charge in [0.15, 0.2) is 16.9 Å². The number of nitrogens with zero attached hydrogens (tertiary/aromatic N) is 15. The van der Waals surface area contributed by atoms with Crippen molar-refractivity contribution in [2.45, 2.75) is 97.1 Å². The number of fused-ring (bicyclic) bond motifs is 3. The van der Waals surface area contributed by atoms with Gasteiger partial charge in [-0.05, 0) is 130 Å². The smallest absolute Gasteiger partial charge is 0.254 e. The molecule has 0 radical (unpaired) electrons. The first-order valence-electron chi connectivity index (χ1n) is 37.5. The molecule has 0 spiro atoms. The number of ether oxygens (including phenoxy) is 1. The second kappa shape index (κ2) is 35.0. The van der Waals surface area contributed by atoms with Gasteiger partial charge in [-0.25, -0.2) is 48.3 Å². The highest BCUT2D eigenvalue weighted by Gasteiger charge is 2.32. The first-order valence-corrected chi connectivity index (χ1v) is 37.5. The standard InChI is InChI=1S/C29H31N7O2.C28H28FN7O3.C28H29N7O2/c1-4-24(37)35-13-5-6-22(16-35)36-28-25(27(30)32-17-33-28)26(34-36)21-11-9-20(10-12-21)15-31-29(38)23-14-18(2)7-8-19(23)3;1-3-23(37)35-12-4-5-19(15-35)36-27-24(26(30)32-16-33-27)25(34-36)18-8-6-17(7-9-18)14-31-28(38)21-11-10-20(39-2)13-22(21)29;1-3-23(36)34-14-6-8-21(16-34)35-27-24(26(29)31-17-32-27)25(33-35)20-12-10-19(11-13-20)15-30-28(37)22-9-5-4-7-18(22)2/h4,7-12,14,17,22H,1,5-6,13,15-16H2,2-3H3,(H,31,38)(H2,30,32,33);3,6-11,13,16,19H,1,4-5,12,14-15H2,2H3,(H,31,38)(H2,30,32,33);3-5,7,9-13,17,21H,1,6,8,14-16H2,2H3,(H,30,37)(H2,29,31,32). The number of carbonyl (C=O) groups excluding carboxylic acids is 6. The van der Waals surface area contributed by atoms with Gasteiger partial charge in [-0.1, -0.05) is 128 Å². The van der Waals surface area contributed by atoms with Crippen molar-refractivity contribution in [2.75, 3.05) is 63.6 Å². The minimum Gasteiger partial charge on any atom is -0.497 e. The molecule has 0 aliphatic carbocycles. The molecule has 9 N–H and O–H groups in total. The molecule has 0 bridgehead atoms. The number of carbonyl (C=O) groups is 6. The van der Waals surface area contributed by atoms with E-state index in [1.54, 1.807) is 14.7 Å². The van der Waals surface area contributed by atoms with Crippen molar-refractivity contribution < 1.29 is 37.9 Å². The lowest BCUT2D eigenvalue weighted by molar-refractivity contribution is -0.128. The summed E-state index contributed by atoms with van der Waals surface area (Å²) in [6.07, 6.45) is 13.5. The molecule has 6 aromatic heterocycles. The number of nitrogens with two attached hydrogens (primary N) is 3. The highest BCUT2D eigenvalue weighted by Crippen LogP contribution is 2.38. The van der Waals surface area contributed by atoms with Gasteiger partial charge in [-0.3, -0.25) is 28.8 Å². The van der Waals surface area contributed by atoms with Gasteiger partial charge in [-0.2, -0.15) is 15.3 Å². The maximum Gasteiger partial charge on any atom is 0.254 e. The van der Waals surface area contributed by atoms with Crippen LogP contribution in [0, 0.1) is 26.6 Å². The van der Waals surface area contributed by atoms with Crippen LogP contribution in [0.2, 0.25) is 0 Å². The second-order valence-corrected chi connectivity index (χ2v) is 28.2. The average molecular weight is 1530 g/mol. The predicted octanol–water partition coefficient (Wildman–Crippen LogP) is 11.1. The van der Waals surface area contributed by atoms with Crippen molar-refractivity contribution in [3.05, 3.63) is 246 Å². The SMILES string of the molecule is C=CC(=O)N1CCCC(n2nc(-c3ccc(CNC(=O)c4cc(C)ccc4C)cc3)c3c(N)ncnc32)C1.C=CC(=O)N1CCCC(n2nc(-c3ccc(CNC(=O)c4ccc(OC)cc4F)cc3)c3c(N)ncnc32)C1.C=CC(=O)N1CCCC(n2nc(-c3ccc(CNC(=O)c4ccccc4C)cc3)c3c(N)ncnc32)C1. The number of nitrogen functional groups attached to an aromatic ring is 3. The van der Waals surface area contributed by atoms with Gasteiger partial charge >= 0.3 is 0 Å². The molecule has 3 atom stereocenters. The van der Waals surface area contributed by atoms with E-state index in [2.05, 4.69) is 65.6 Å². The lowest BCUT2D eigenvalue weighted by atomic mass is 10.0. The number of benzene rings is 6. The molecule has 114 heavy (non-hydrogen) atoms. The third-order valence-electron chi connectivity index (χ3n) is 20.7. The number of likely N-dealkylation sites (tertiary alicyclic amines) is 3. The Labute approximate surface area is 657 Å². The zero-order chi connectivity index (χ0) is 80.3. The number of aromatic nitrogens is 12. The van der Waals surface area contributed by atoms with Crippen molar-refractivity contribution in [1.82, 2.24) is 89.9 Å². The monoisotopic (exact) mass is 1530 g/mol. The van der Waals surface area contributed by atoms with Crippen LogP contribution < -0.4 is 37.9 Å². The summed E-state index contributed by atoms with van der Waals surface area (Å²) >= 11 is 0. The molecule has 12 aromatic rings. The molecule has 3 aliphatic heterocycles. The number of piperidine rings is 3. The summed E-state index contributed by atoms with van der Waals surface area (Å²) in [4.78, 5) is 106. The van der Waals surface area contributed by atoms with Crippen molar-refractivity contribution in [2.24, 2.45) is 0 Å². The average Bonchev–Trinajstić information content (AvgIpc) is 1.62. The Kier molecular flexibility index (Phi) is 24.0. The number of rotatable bonds is 19. The van der Waals surface area contributed by atoms with Gasteiger partial charge in [0.25, 0.3) is 17.7 Å². The molecular weight excluding hydrogens is 1450 g/mol. The van der Waals surface area contributed by atoms with Crippen molar-refractivity contribution in [3.8, 4) is 39.5 Å².